The first-order chi connectivity index (χ1) is 13.1. The van der Waals surface area contributed by atoms with E-state index in [9.17, 15) is 19.2 Å². The number of hydrogen-bond donors (Lipinski definition) is 0. The predicted octanol–water partition coefficient (Wildman–Crippen LogP) is 1.03. The summed E-state index contributed by atoms with van der Waals surface area (Å²) in [4.78, 5) is 48.9. The minimum absolute atomic E-state index is 0.193. The summed E-state index contributed by atoms with van der Waals surface area (Å²) < 4.78 is 10.0. The highest BCUT2D eigenvalue weighted by Gasteiger charge is 2.81. The highest BCUT2D eigenvalue weighted by atomic mass is 16.6. The second-order valence-electron chi connectivity index (χ2n) is 10.5. The number of esters is 4. The Hall–Kier alpha value is -1.72. The lowest BCUT2D eigenvalue weighted by Gasteiger charge is -2.68. The van der Waals surface area contributed by atoms with Gasteiger partial charge in [0.1, 0.15) is 0 Å². The van der Waals surface area contributed by atoms with Crippen molar-refractivity contribution < 1.29 is 28.7 Å². The zero-order valence-corrected chi connectivity index (χ0v) is 14.7. The average molecular weight is 368 g/mol. The van der Waals surface area contributed by atoms with Crippen LogP contribution in [0.3, 0.4) is 0 Å². The number of cyclic esters (lactones) is 4. The molecule has 7 saturated carbocycles. The lowest BCUT2D eigenvalue weighted by Crippen LogP contribution is -2.68. The van der Waals surface area contributed by atoms with E-state index in [0.29, 0.717) is 59.2 Å². The summed E-state index contributed by atoms with van der Waals surface area (Å²) in [7, 11) is 0. The Morgan fingerprint density at radius 1 is 0.481 bits per heavy atom. The number of fused-ring (bicyclic) bond motifs is 10. The van der Waals surface area contributed by atoms with Crippen LogP contribution in [0.15, 0.2) is 0 Å². The van der Waals surface area contributed by atoms with E-state index in [2.05, 4.69) is 0 Å². The van der Waals surface area contributed by atoms with Crippen LogP contribution in [0.2, 0.25) is 0 Å². The van der Waals surface area contributed by atoms with Gasteiger partial charge in [-0.2, -0.15) is 0 Å². The van der Waals surface area contributed by atoms with Crippen LogP contribution in [-0.4, -0.2) is 23.9 Å². The topological polar surface area (TPSA) is 86.7 Å². The van der Waals surface area contributed by atoms with Gasteiger partial charge in [-0.05, 0) is 78.4 Å². The monoisotopic (exact) mass is 368 g/mol. The van der Waals surface area contributed by atoms with Gasteiger partial charge in [-0.1, -0.05) is 0 Å². The Bertz CT molecular complexity index is 810. The van der Waals surface area contributed by atoms with Gasteiger partial charge in [0.05, 0.1) is 23.7 Å². The van der Waals surface area contributed by atoms with Crippen molar-refractivity contribution in [1.29, 1.82) is 0 Å². The van der Waals surface area contributed by atoms with E-state index in [1.165, 1.54) is 0 Å². The highest BCUT2D eigenvalue weighted by Crippen LogP contribution is 2.80. The molecule has 14 unspecified atom stereocenters. The largest absolute Gasteiger partial charge is 0.393 e. The maximum Gasteiger partial charge on any atom is 0.317 e. The SMILES string of the molecule is O=C1OC(=O)C2C1C1C3CCC(C4C5CC(C34)C3C4C(=O)OC(=O)C4C53)C21. The third-order valence-electron chi connectivity index (χ3n) is 10.6. The van der Waals surface area contributed by atoms with Crippen molar-refractivity contribution in [3.63, 3.8) is 0 Å². The van der Waals surface area contributed by atoms with Crippen LogP contribution in [-0.2, 0) is 28.7 Å². The zero-order valence-electron chi connectivity index (χ0n) is 14.7. The minimum atomic E-state index is -0.289. The molecule has 0 N–H and O–H groups in total. The van der Waals surface area contributed by atoms with Gasteiger partial charge in [0.15, 0.2) is 0 Å². The van der Waals surface area contributed by atoms with Gasteiger partial charge >= 0.3 is 23.9 Å². The Kier molecular flexibility index (Phi) is 2.12. The van der Waals surface area contributed by atoms with Crippen LogP contribution in [0.5, 0.6) is 0 Å². The van der Waals surface area contributed by atoms with Crippen molar-refractivity contribution in [1.82, 2.24) is 0 Å². The first-order valence-corrected chi connectivity index (χ1v) is 10.6. The van der Waals surface area contributed by atoms with Crippen LogP contribution in [0.1, 0.15) is 19.3 Å². The molecule has 9 fully saturated rings. The molecule has 0 spiro atoms. The molecule has 2 heterocycles. The lowest BCUT2D eigenvalue weighted by molar-refractivity contribution is -0.226. The second kappa shape index (κ2) is 4.01. The first kappa shape index (κ1) is 14.3. The van der Waals surface area contributed by atoms with E-state index in [-0.39, 0.29) is 47.5 Å². The van der Waals surface area contributed by atoms with E-state index in [0.717, 1.165) is 19.3 Å². The van der Waals surface area contributed by atoms with Crippen molar-refractivity contribution in [3.05, 3.63) is 0 Å². The summed E-state index contributed by atoms with van der Waals surface area (Å²) in [6, 6.07) is 0. The highest BCUT2D eigenvalue weighted by molar-refractivity contribution is 5.99. The fraction of sp³-hybridized carbons (Fsp3) is 0.810. The van der Waals surface area contributed by atoms with Crippen LogP contribution in [0.25, 0.3) is 0 Å². The summed E-state index contributed by atoms with van der Waals surface area (Å²) in [6.07, 6.45) is 3.43. The van der Waals surface area contributed by atoms with Crippen molar-refractivity contribution in [2.24, 2.45) is 82.9 Å². The number of rotatable bonds is 0. The van der Waals surface area contributed by atoms with E-state index < -0.39 is 0 Å². The lowest BCUT2D eigenvalue weighted by atomic mass is 9.34. The molecule has 140 valence electrons. The molecule has 9 rings (SSSR count). The molecule has 9 aliphatic rings. The molecule has 27 heavy (non-hydrogen) atoms. The molecule has 2 saturated heterocycles. The van der Waals surface area contributed by atoms with Crippen molar-refractivity contribution in [3.8, 4) is 0 Å². The zero-order chi connectivity index (χ0) is 17.9. The van der Waals surface area contributed by atoms with E-state index >= 15 is 0 Å². The summed E-state index contributed by atoms with van der Waals surface area (Å²) in [6.45, 7) is 0. The predicted molar refractivity (Wildman–Crippen MR) is 84.9 cm³/mol. The van der Waals surface area contributed by atoms with E-state index in [4.69, 9.17) is 9.47 Å². The van der Waals surface area contributed by atoms with Crippen molar-refractivity contribution in [2.75, 3.05) is 0 Å². The van der Waals surface area contributed by atoms with Gasteiger partial charge in [-0.25, -0.2) is 0 Å². The standard InChI is InChI=1S/C21H20O6/c22-18-14-10-4-1-2-5(11(10)15(14)19(23)26-18)9-7-3-6(8(4)9)12-13(7)17-16(12)20(24)27-21(17)25/h4-17H,1-3H2. The third kappa shape index (κ3) is 1.22. The number of carbonyl (C=O) groups excluding carboxylic acids is 4. The first-order valence-electron chi connectivity index (χ1n) is 10.6. The molecule has 0 aromatic carbocycles. The molecule has 6 heteroatoms. The molecule has 0 radical (unpaired) electrons. The summed E-state index contributed by atoms with van der Waals surface area (Å²) in [5, 5.41) is 0. The number of ether oxygens (including phenoxy) is 2. The maximum absolute atomic E-state index is 12.2. The van der Waals surface area contributed by atoms with Crippen LogP contribution in [0, 0.1) is 82.9 Å². The molecule has 2 aliphatic heterocycles. The summed E-state index contributed by atoms with van der Waals surface area (Å²) in [5.41, 5.74) is 0. The number of hydrogen-bond acceptors (Lipinski definition) is 6. The maximum atomic E-state index is 12.2. The number of carbonyl (C=O) groups is 4. The third-order valence-corrected chi connectivity index (χ3v) is 10.6. The molecular formula is C21H20O6. The van der Waals surface area contributed by atoms with Crippen molar-refractivity contribution >= 4 is 23.9 Å². The molecule has 4 bridgehead atoms. The second-order valence-corrected chi connectivity index (χ2v) is 10.5. The molecule has 0 amide bonds. The Morgan fingerprint density at radius 2 is 0.815 bits per heavy atom. The van der Waals surface area contributed by atoms with Crippen molar-refractivity contribution in [2.45, 2.75) is 19.3 Å². The molecule has 14 atom stereocenters. The Balaban J connectivity index is 1.21. The summed E-state index contributed by atoms with van der Waals surface area (Å²) in [5.74, 6) is 2.50. The molecule has 0 aromatic rings. The normalized spacial score (nSPS) is 65.5. The van der Waals surface area contributed by atoms with Gasteiger partial charge in [-0.15, -0.1) is 0 Å². The van der Waals surface area contributed by atoms with Crippen LogP contribution in [0.4, 0.5) is 0 Å². The van der Waals surface area contributed by atoms with Crippen LogP contribution >= 0.6 is 0 Å². The molecule has 0 aromatic heterocycles. The van der Waals surface area contributed by atoms with Crippen LogP contribution < -0.4 is 0 Å². The van der Waals surface area contributed by atoms with Gasteiger partial charge in [-0.3, -0.25) is 19.2 Å². The van der Waals surface area contributed by atoms with Gasteiger partial charge in [0.25, 0.3) is 0 Å². The Labute approximate surface area is 155 Å². The molecule has 6 nitrogen and oxygen atoms in total. The average Bonchev–Trinajstić information content (AvgIpc) is 3.21. The van der Waals surface area contributed by atoms with E-state index in [1.807, 2.05) is 0 Å². The van der Waals surface area contributed by atoms with Gasteiger partial charge in [0.2, 0.25) is 0 Å². The fourth-order valence-electron chi connectivity index (χ4n) is 10.4. The molecular weight excluding hydrogens is 348 g/mol. The fourth-order valence-corrected chi connectivity index (χ4v) is 10.4. The van der Waals surface area contributed by atoms with Gasteiger partial charge in [0, 0.05) is 0 Å². The van der Waals surface area contributed by atoms with Gasteiger partial charge < -0.3 is 9.47 Å². The smallest absolute Gasteiger partial charge is 0.317 e. The summed E-state index contributed by atoms with van der Waals surface area (Å²) >= 11 is 0. The Morgan fingerprint density at radius 3 is 1.19 bits per heavy atom. The minimum Gasteiger partial charge on any atom is -0.393 e. The molecule has 7 aliphatic carbocycles. The van der Waals surface area contributed by atoms with E-state index in [1.54, 1.807) is 0 Å². The quantitative estimate of drug-likeness (QED) is 0.469.